The number of aromatic nitrogens is 1. The van der Waals surface area contributed by atoms with E-state index in [1.54, 1.807) is 12.3 Å². The van der Waals surface area contributed by atoms with Gasteiger partial charge in [0.25, 0.3) is 0 Å². The molecule has 2 N–H and O–H groups in total. The van der Waals surface area contributed by atoms with Gasteiger partial charge in [-0.1, -0.05) is 49.4 Å². The highest BCUT2D eigenvalue weighted by atomic mass is 16.6. The zero-order valence-electron chi connectivity index (χ0n) is 16.7. The summed E-state index contributed by atoms with van der Waals surface area (Å²) in [7, 11) is 0. The molecule has 2 aromatic carbocycles. The highest BCUT2D eigenvalue weighted by Crippen LogP contribution is 2.36. The van der Waals surface area contributed by atoms with Gasteiger partial charge in [0, 0.05) is 17.8 Å². The minimum atomic E-state index is -0.611. The normalized spacial score (nSPS) is 13.9. The number of fused-ring (bicyclic) bond motifs is 1. The standard InChI is InChI=1S/C23H26N2O3/c1-15(19-13-8-14-25(19)22(27)28-23(2,3)4)20(21(24)26)18-12-7-10-16-9-5-6-11-17(16)18/h5-15,20H,1-4H3,(H2,24,26). The molecule has 3 aromatic rings. The smallest absolute Gasteiger partial charge is 0.418 e. The highest BCUT2D eigenvalue weighted by Gasteiger charge is 2.31. The third-order valence-corrected chi connectivity index (χ3v) is 4.80. The fourth-order valence-corrected chi connectivity index (χ4v) is 3.60. The third-order valence-electron chi connectivity index (χ3n) is 4.80. The van der Waals surface area contributed by atoms with Gasteiger partial charge in [0.05, 0.1) is 5.92 Å². The molecular weight excluding hydrogens is 352 g/mol. The fourth-order valence-electron chi connectivity index (χ4n) is 3.60. The first-order valence-electron chi connectivity index (χ1n) is 9.36. The van der Waals surface area contributed by atoms with Gasteiger partial charge < -0.3 is 10.5 Å². The molecule has 28 heavy (non-hydrogen) atoms. The van der Waals surface area contributed by atoms with Crippen LogP contribution < -0.4 is 5.73 Å². The first-order chi connectivity index (χ1) is 13.2. The molecule has 0 spiro atoms. The zero-order chi connectivity index (χ0) is 20.5. The Labute approximate surface area is 165 Å². The maximum Gasteiger partial charge on any atom is 0.418 e. The number of nitrogens with zero attached hydrogens (tertiary/aromatic N) is 1. The highest BCUT2D eigenvalue weighted by molar-refractivity contribution is 5.93. The van der Waals surface area contributed by atoms with Gasteiger partial charge in [-0.05, 0) is 49.2 Å². The molecule has 0 aliphatic carbocycles. The van der Waals surface area contributed by atoms with Crippen LogP contribution >= 0.6 is 0 Å². The summed E-state index contributed by atoms with van der Waals surface area (Å²) in [5, 5.41) is 2.02. The van der Waals surface area contributed by atoms with E-state index in [1.165, 1.54) is 4.57 Å². The van der Waals surface area contributed by atoms with E-state index in [-0.39, 0.29) is 5.92 Å². The van der Waals surface area contributed by atoms with Crippen LogP contribution in [0.15, 0.2) is 60.8 Å². The Morgan fingerprint density at radius 1 is 1.00 bits per heavy atom. The van der Waals surface area contributed by atoms with Gasteiger partial charge in [0.1, 0.15) is 5.60 Å². The molecule has 0 aliphatic heterocycles. The number of hydrogen-bond acceptors (Lipinski definition) is 3. The molecule has 0 aliphatic rings. The molecule has 2 unspecified atom stereocenters. The van der Waals surface area contributed by atoms with Crippen molar-refractivity contribution in [3.63, 3.8) is 0 Å². The molecule has 2 atom stereocenters. The van der Waals surface area contributed by atoms with Crippen LogP contribution in [0.25, 0.3) is 10.8 Å². The molecule has 1 amide bonds. The zero-order valence-corrected chi connectivity index (χ0v) is 16.7. The maximum atomic E-state index is 12.6. The number of hydrogen-bond donors (Lipinski definition) is 1. The van der Waals surface area contributed by atoms with Crippen molar-refractivity contribution in [1.29, 1.82) is 0 Å². The Kier molecular flexibility index (Phi) is 5.27. The third kappa shape index (κ3) is 3.93. The summed E-state index contributed by atoms with van der Waals surface area (Å²) in [5.74, 6) is -1.33. The predicted octanol–water partition coefficient (Wildman–Crippen LogP) is 4.80. The summed E-state index contributed by atoms with van der Waals surface area (Å²) < 4.78 is 6.95. The maximum absolute atomic E-state index is 12.6. The lowest BCUT2D eigenvalue weighted by atomic mass is 9.82. The van der Waals surface area contributed by atoms with E-state index in [1.807, 2.05) is 76.2 Å². The summed E-state index contributed by atoms with van der Waals surface area (Å²) in [6.07, 6.45) is 1.18. The van der Waals surface area contributed by atoms with E-state index in [0.717, 1.165) is 16.3 Å². The molecule has 1 heterocycles. The van der Waals surface area contributed by atoms with Gasteiger partial charge in [-0.2, -0.15) is 0 Å². The van der Waals surface area contributed by atoms with Crippen LogP contribution in [0.3, 0.4) is 0 Å². The van der Waals surface area contributed by atoms with Crippen LogP contribution in [0.5, 0.6) is 0 Å². The van der Waals surface area contributed by atoms with Crippen LogP contribution in [-0.4, -0.2) is 22.2 Å². The fraction of sp³-hybridized carbons (Fsp3) is 0.304. The number of carbonyl (C=O) groups is 2. The topological polar surface area (TPSA) is 74.3 Å². The number of amides is 1. The SMILES string of the molecule is CC(c1cccn1C(=O)OC(C)(C)C)C(C(N)=O)c1cccc2ccccc12. The summed E-state index contributed by atoms with van der Waals surface area (Å²) in [6.45, 7) is 7.37. The summed E-state index contributed by atoms with van der Waals surface area (Å²) >= 11 is 0. The first kappa shape index (κ1) is 19.7. The molecule has 0 saturated carbocycles. The second-order valence-corrected chi connectivity index (χ2v) is 8.02. The van der Waals surface area contributed by atoms with Crippen LogP contribution in [0.1, 0.15) is 50.8 Å². The van der Waals surface area contributed by atoms with E-state index in [9.17, 15) is 9.59 Å². The van der Waals surface area contributed by atoms with Crippen molar-refractivity contribution in [1.82, 2.24) is 4.57 Å². The largest absolute Gasteiger partial charge is 0.443 e. The second-order valence-electron chi connectivity index (χ2n) is 8.02. The molecule has 0 saturated heterocycles. The number of primary amides is 1. The van der Waals surface area contributed by atoms with E-state index < -0.39 is 23.5 Å². The van der Waals surface area contributed by atoms with Crippen molar-refractivity contribution in [2.45, 2.75) is 45.1 Å². The van der Waals surface area contributed by atoms with Crippen molar-refractivity contribution >= 4 is 22.8 Å². The molecule has 5 heteroatoms. The predicted molar refractivity (Wildman–Crippen MR) is 110 cm³/mol. The number of ether oxygens (including phenoxy) is 1. The molecular formula is C23H26N2O3. The second kappa shape index (κ2) is 7.50. The first-order valence-corrected chi connectivity index (χ1v) is 9.36. The van der Waals surface area contributed by atoms with E-state index in [4.69, 9.17) is 10.5 Å². The molecule has 0 radical (unpaired) electrons. The Balaban J connectivity index is 2.04. The van der Waals surface area contributed by atoms with E-state index in [2.05, 4.69) is 0 Å². The number of benzene rings is 2. The Hall–Kier alpha value is -3.08. The molecule has 5 nitrogen and oxygen atoms in total. The summed E-state index contributed by atoms with van der Waals surface area (Å²) in [4.78, 5) is 25.1. The van der Waals surface area contributed by atoms with Crippen molar-refractivity contribution in [3.8, 4) is 0 Å². The average Bonchev–Trinajstić information content (AvgIpc) is 3.10. The minimum Gasteiger partial charge on any atom is -0.443 e. The minimum absolute atomic E-state index is 0.314. The molecule has 0 bridgehead atoms. The van der Waals surface area contributed by atoms with Crippen LogP contribution in [0.2, 0.25) is 0 Å². The summed E-state index contributed by atoms with van der Waals surface area (Å²) in [6, 6.07) is 17.4. The lowest BCUT2D eigenvalue weighted by Crippen LogP contribution is -2.30. The number of carbonyl (C=O) groups excluding carboxylic acids is 2. The Bertz CT molecular complexity index is 1010. The van der Waals surface area contributed by atoms with Crippen LogP contribution in [0, 0.1) is 0 Å². The van der Waals surface area contributed by atoms with Gasteiger partial charge >= 0.3 is 6.09 Å². The van der Waals surface area contributed by atoms with Crippen molar-refractivity contribution in [2.75, 3.05) is 0 Å². The van der Waals surface area contributed by atoms with Crippen molar-refractivity contribution in [2.24, 2.45) is 5.73 Å². The van der Waals surface area contributed by atoms with Gasteiger partial charge in [-0.3, -0.25) is 9.36 Å². The van der Waals surface area contributed by atoms with E-state index in [0.29, 0.717) is 5.69 Å². The van der Waals surface area contributed by atoms with Crippen molar-refractivity contribution < 1.29 is 14.3 Å². The Morgan fingerprint density at radius 3 is 2.36 bits per heavy atom. The molecule has 1 aromatic heterocycles. The molecule has 146 valence electrons. The molecule has 3 rings (SSSR count). The summed E-state index contributed by atoms with van der Waals surface area (Å²) in [5.41, 5.74) is 6.76. The lowest BCUT2D eigenvalue weighted by Gasteiger charge is -2.25. The van der Waals surface area contributed by atoms with Gasteiger partial charge in [0.15, 0.2) is 0 Å². The van der Waals surface area contributed by atoms with E-state index >= 15 is 0 Å². The Morgan fingerprint density at radius 2 is 1.68 bits per heavy atom. The monoisotopic (exact) mass is 378 g/mol. The quantitative estimate of drug-likeness (QED) is 0.709. The average molecular weight is 378 g/mol. The van der Waals surface area contributed by atoms with Crippen LogP contribution in [0.4, 0.5) is 4.79 Å². The van der Waals surface area contributed by atoms with Crippen molar-refractivity contribution in [3.05, 3.63) is 72.1 Å². The van der Waals surface area contributed by atoms with Gasteiger partial charge in [-0.15, -0.1) is 0 Å². The number of nitrogens with two attached hydrogens (primary N) is 1. The molecule has 0 fully saturated rings. The lowest BCUT2D eigenvalue weighted by molar-refractivity contribution is -0.119. The van der Waals surface area contributed by atoms with Gasteiger partial charge in [0.2, 0.25) is 5.91 Å². The van der Waals surface area contributed by atoms with Crippen LogP contribution in [-0.2, 0) is 9.53 Å². The van der Waals surface area contributed by atoms with Gasteiger partial charge in [-0.25, -0.2) is 4.79 Å². The number of rotatable bonds is 4.